The number of carbonyl (C=O) groups is 1. The van der Waals surface area contributed by atoms with Crippen LogP contribution in [0.15, 0.2) is 41.3 Å². The molecular weight excluding hydrogens is 464 g/mol. The van der Waals surface area contributed by atoms with Gasteiger partial charge in [0.25, 0.3) is 11.6 Å². The predicted molar refractivity (Wildman–Crippen MR) is 129 cm³/mol. The molecule has 0 aliphatic heterocycles. The first kappa shape index (κ1) is 27.0. The van der Waals surface area contributed by atoms with Crippen LogP contribution in [0.2, 0.25) is 0 Å². The Morgan fingerprint density at radius 2 is 1.79 bits per heavy atom. The molecule has 0 unspecified atom stereocenters. The number of benzene rings is 2. The minimum absolute atomic E-state index is 0.00700. The van der Waals surface area contributed by atoms with E-state index >= 15 is 0 Å². The maximum absolute atomic E-state index is 13.2. The summed E-state index contributed by atoms with van der Waals surface area (Å²) < 4.78 is 37.8. The average molecular weight is 495 g/mol. The van der Waals surface area contributed by atoms with Crippen molar-refractivity contribution in [3.8, 4) is 5.75 Å². The molecule has 2 aromatic carbocycles. The molecule has 0 aliphatic rings. The summed E-state index contributed by atoms with van der Waals surface area (Å²) in [7, 11) is -2.26. The zero-order valence-corrected chi connectivity index (χ0v) is 20.5. The van der Waals surface area contributed by atoms with E-state index in [2.05, 4.69) is 10.6 Å². The lowest BCUT2D eigenvalue weighted by molar-refractivity contribution is -0.384. The molecule has 12 heteroatoms. The summed E-state index contributed by atoms with van der Waals surface area (Å²) in [6.45, 7) is 6.82. The minimum Gasteiger partial charge on any atom is -0.492 e. The van der Waals surface area contributed by atoms with Crippen LogP contribution in [0.4, 0.5) is 17.1 Å². The van der Waals surface area contributed by atoms with Crippen molar-refractivity contribution < 1.29 is 27.6 Å². The van der Waals surface area contributed by atoms with Crippen LogP contribution in [-0.2, 0) is 14.8 Å². The van der Waals surface area contributed by atoms with Gasteiger partial charge in [0.1, 0.15) is 5.75 Å². The molecule has 0 bridgehead atoms. The summed E-state index contributed by atoms with van der Waals surface area (Å²) in [5.41, 5.74) is 0.259. The van der Waals surface area contributed by atoms with Gasteiger partial charge in [-0.2, -0.15) is 4.31 Å². The lowest BCUT2D eigenvalue weighted by Crippen LogP contribution is -2.30. The SMILES string of the molecule is CCOc1ccc(S(=O)(=O)N(CC)CC)cc1NC(=O)c1cc([N+](=O)[O-])ccc1NCCOC. The van der Waals surface area contributed by atoms with Gasteiger partial charge in [0, 0.05) is 44.6 Å². The fourth-order valence-corrected chi connectivity index (χ4v) is 4.71. The third-order valence-electron chi connectivity index (χ3n) is 4.92. The molecule has 0 fully saturated rings. The molecule has 2 rings (SSSR count). The average Bonchev–Trinajstić information content (AvgIpc) is 2.81. The molecule has 11 nitrogen and oxygen atoms in total. The topological polar surface area (TPSA) is 140 Å². The highest BCUT2D eigenvalue weighted by atomic mass is 32.2. The summed E-state index contributed by atoms with van der Waals surface area (Å²) in [5, 5.41) is 16.9. The molecule has 1 amide bonds. The Labute approximate surface area is 199 Å². The van der Waals surface area contributed by atoms with Crippen LogP contribution >= 0.6 is 0 Å². The Hall–Kier alpha value is -3.22. The molecule has 0 heterocycles. The van der Waals surface area contributed by atoms with Crippen molar-refractivity contribution >= 4 is 33.0 Å². The number of hydrogen-bond acceptors (Lipinski definition) is 8. The van der Waals surface area contributed by atoms with Gasteiger partial charge in [-0.3, -0.25) is 14.9 Å². The second kappa shape index (κ2) is 12.3. The molecule has 0 spiro atoms. The van der Waals surface area contributed by atoms with Gasteiger partial charge in [0.15, 0.2) is 0 Å². The first-order valence-electron chi connectivity index (χ1n) is 10.8. The number of hydrogen-bond donors (Lipinski definition) is 2. The van der Waals surface area contributed by atoms with E-state index in [9.17, 15) is 23.3 Å². The fraction of sp³-hybridized carbons (Fsp3) is 0.409. The standard InChI is InChI=1S/C22H30N4O7S/c1-5-25(6-2)34(30,31)17-9-11-21(33-7-3)20(15-17)24-22(27)18-14-16(26(28)29)8-10-19(18)23-12-13-32-4/h8-11,14-15,23H,5-7,12-13H2,1-4H3,(H,24,27). The highest BCUT2D eigenvalue weighted by molar-refractivity contribution is 7.89. The highest BCUT2D eigenvalue weighted by Crippen LogP contribution is 2.31. The van der Waals surface area contributed by atoms with E-state index in [1.165, 1.54) is 41.7 Å². The van der Waals surface area contributed by atoms with Crippen molar-refractivity contribution in [3.63, 3.8) is 0 Å². The minimum atomic E-state index is -3.79. The van der Waals surface area contributed by atoms with Gasteiger partial charge in [-0.15, -0.1) is 0 Å². The summed E-state index contributed by atoms with van der Waals surface area (Å²) in [5.74, 6) is -0.393. The number of anilines is 2. The van der Waals surface area contributed by atoms with E-state index < -0.39 is 20.9 Å². The van der Waals surface area contributed by atoms with E-state index in [-0.39, 0.29) is 47.3 Å². The molecule has 2 N–H and O–H groups in total. The van der Waals surface area contributed by atoms with Crippen LogP contribution in [0.25, 0.3) is 0 Å². The van der Waals surface area contributed by atoms with Gasteiger partial charge in [-0.1, -0.05) is 13.8 Å². The van der Waals surface area contributed by atoms with E-state index in [1.807, 2.05) is 0 Å². The summed E-state index contributed by atoms with van der Waals surface area (Å²) in [6.07, 6.45) is 0. The number of methoxy groups -OCH3 is 1. The zero-order valence-electron chi connectivity index (χ0n) is 19.7. The molecule has 0 saturated heterocycles. The number of amides is 1. The van der Waals surface area contributed by atoms with E-state index in [0.29, 0.717) is 18.8 Å². The summed E-state index contributed by atoms with van der Waals surface area (Å²) >= 11 is 0. The Bertz CT molecular complexity index is 1120. The maximum Gasteiger partial charge on any atom is 0.270 e. The second-order valence-corrected chi connectivity index (χ2v) is 8.98. The van der Waals surface area contributed by atoms with Crippen LogP contribution in [0, 0.1) is 10.1 Å². The number of rotatable bonds is 13. The van der Waals surface area contributed by atoms with E-state index in [1.54, 1.807) is 20.8 Å². The van der Waals surface area contributed by atoms with Gasteiger partial charge in [0.05, 0.1) is 34.3 Å². The quantitative estimate of drug-likeness (QED) is 0.245. The Morgan fingerprint density at radius 3 is 2.38 bits per heavy atom. The number of nitro groups is 1. The van der Waals surface area contributed by atoms with Gasteiger partial charge in [-0.05, 0) is 31.2 Å². The lowest BCUT2D eigenvalue weighted by Gasteiger charge is -2.20. The van der Waals surface area contributed by atoms with Gasteiger partial charge in [-0.25, -0.2) is 8.42 Å². The molecule has 0 aromatic heterocycles. The van der Waals surface area contributed by atoms with E-state index in [4.69, 9.17) is 9.47 Å². The van der Waals surface area contributed by atoms with Crippen LogP contribution in [0.3, 0.4) is 0 Å². The number of carbonyl (C=O) groups excluding carboxylic acids is 1. The zero-order chi connectivity index (χ0) is 25.3. The fourth-order valence-electron chi connectivity index (χ4n) is 3.23. The van der Waals surface area contributed by atoms with Gasteiger partial charge < -0.3 is 20.1 Å². The Balaban J connectivity index is 2.49. The van der Waals surface area contributed by atoms with Crippen molar-refractivity contribution in [2.24, 2.45) is 0 Å². The summed E-state index contributed by atoms with van der Waals surface area (Å²) in [6, 6.07) is 8.09. The smallest absolute Gasteiger partial charge is 0.270 e. The predicted octanol–water partition coefficient (Wildman–Crippen LogP) is 3.33. The molecule has 186 valence electrons. The number of nitrogens with zero attached hydrogens (tertiary/aromatic N) is 2. The van der Waals surface area contributed by atoms with Gasteiger partial charge in [0.2, 0.25) is 10.0 Å². The van der Waals surface area contributed by atoms with Crippen LogP contribution < -0.4 is 15.4 Å². The normalized spacial score (nSPS) is 11.3. The largest absolute Gasteiger partial charge is 0.492 e. The first-order valence-corrected chi connectivity index (χ1v) is 12.2. The number of ether oxygens (including phenoxy) is 2. The second-order valence-electron chi connectivity index (χ2n) is 7.04. The monoisotopic (exact) mass is 494 g/mol. The van der Waals surface area contributed by atoms with Crippen molar-refractivity contribution in [2.45, 2.75) is 25.7 Å². The molecule has 2 aromatic rings. The van der Waals surface area contributed by atoms with Crippen LogP contribution in [-0.4, -0.2) is 63.5 Å². The summed E-state index contributed by atoms with van der Waals surface area (Å²) in [4.78, 5) is 23.8. The van der Waals surface area contributed by atoms with Crippen molar-refractivity contribution in [1.82, 2.24) is 4.31 Å². The van der Waals surface area contributed by atoms with Crippen molar-refractivity contribution in [1.29, 1.82) is 0 Å². The highest BCUT2D eigenvalue weighted by Gasteiger charge is 2.24. The number of non-ortho nitro benzene ring substituents is 1. The van der Waals surface area contributed by atoms with Gasteiger partial charge >= 0.3 is 0 Å². The number of nitrogens with one attached hydrogen (secondary N) is 2. The molecule has 0 aliphatic carbocycles. The van der Waals surface area contributed by atoms with Crippen molar-refractivity contribution in [2.75, 3.05) is 50.6 Å². The van der Waals surface area contributed by atoms with E-state index in [0.717, 1.165) is 6.07 Å². The third kappa shape index (κ3) is 6.43. The van der Waals surface area contributed by atoms with Crippen molar-refractivity contribution in [3.05, 3.63) is 52.1 Å². The third-order valence-corrected chi connectivity index (χ3v) is 6.97. The number of nitro benzene ring substituents is 1. The Kier molecular flexibility index (Phi) is 9.78. The molecular formula is C22H30N4O7S. The molecule has 0 radical (unpaired) electrons. The molecule has 34 heavy (non-hydrogen) atoms. The lowest BCUT2D eigenvalue weighted by atomic mass is 10.1. The maximum atomic E-state index is 13.2. The van der Waals surface area contributed by atoms with Crippen LogP contribution in [0.1, 0.15) is 31.1 Å². The first-order chi connectivity index (χ1) is 16.2. The molecule has 0 atom stereocenters. The number of sulfonamides is 1. The Morgan fingerprint density at radius 1 is 1.09 bits per heavy atom. The van der Waals surface area contributed by atoms with Crippen LogP contribution in [0.5, 0.6) is 5.75 Å². The molecule has 0 saturated carbocycles.